The Kier molecular flexibility index (Phi) is 13.1. The quantitative estimate of drug-likeness (QED) is 0.114. The normalized spacial score (nSPS) is 17.6. The zero-order valence-electron chi connectivity index (χ0n) is 35.0. The summed E-state index contributed by atoms with van der Waals surface area (Å²) in [5.41, 5.74) is 1.30. The number of aromatic amines is 1. The Morgan fingerprint density at radius 1 is 0.588 bits per heavy atom. The van der Waals surface area contributed by atoms with Crippen LogP contribution >= 0.6 is 0 Å². The van der Waals surface area contributed by atoms with Gasteiger partial charge in [0.05, 0.1) is 28.7 Å². The average Bonchev–Trinajstić information content (AvgIpc) is 4.18. The van der Waals surface area contributed by atoms with Gasteiger partial charge in [-0.2, -0.15) is 5.10 Å². The van der Waals surface area contributed by atoms with Crippen molar-refractivity contribution in [3.63, 3.8) is 0 Å². The summed E-state index contributed by atoms with van der Waals surface area (Å²) in [4.78, 5) is 37.8. The Bertz CT molecular complexity index is 3080. The van der Waals surface area contributed by atoms with Gasteiger partial charge in [0.15, 0.2) is 29.1 Å². The number of halogens is 3. The summed E-state index contributed by atoms with van der Waals surface area (Å²) in [6.45, 7) is 2.42. The van der Waals surface area contributed by atoms with Gasteiger partial charge in [0.2, 0.25) is 33.5 Å². The van der Waals surface area contributed by atoms with Crippen LogP contribution in [0.5, 0.6) is 17.2 Å². The van der Waals surface area contributed by atoms with E-state index in [0.717, 1.165) is 18.5 Å². The number of furan rings is 1. The number of hydrogen-bond donors (Lipinski definition) is 7. The largest absolute Gasteiger partial charge is 0.506 e. The number of aromatic hydroxyl groups is 3. The molecular formula is C42H34F3N9O11S3. The minimum absolute atomic E-state index is 0.0553. The Morgan fingerprint density at radius 3 is 1.46 bits per heavy atom. The van der Waals surface area contributed by atoms with Gasteiger partial charge in [0.25, 0.3) is 17.7 Å². The van der Waals surface area contributed by atoms with E-state index in [1.54, 1.807) is 32.0 Å². The topological polar surface area (TPSA) is 277 Å². The molecule has 7 N–H and O–H groups in total. The number of anilines is 3. The third kappa shape index (κ3) is 9.36. The van der Waals surface area contributed by atoms with Gasteiger partial charge >= 0.3 is 0 Å². The first kappa shape index (κ1) is 46.6. The zero-order valence-corrected chi connectivity index (χ0v) is 37.4. The van der Waals surface area contributed by atoms with Crippen LogP contribution < -0.4 is 27.1 Å². The number of carbonyl (C=O) groups is 3. The molecule has 3 aliphatic heterocycles. The van der Waals surface area contributed by atoms with Gasteiger partial charge in [0.1, 0.15) is 65.5 Å². The van der Waals surface area contributed by atoms with Crippen LogP contribution in [-0.4, -0.2) is 80.5 Å². The summed E-state index contributed by atoms with van der Waals surface area (Å²) in [5.74, 6) is -3.75. The van der Waals surface area contributed by atoms with Crippen LogP contribution in [0.15, 0.2) is 100.0 Å². The average molecular weight is 994 g/mol. The number of phenolic OH excluding ortho intramolecular Hbond substituents is 3. The van der Waals surface area contributed by atoms with Crippen molar-refractivity contribution in [3.05, 3.63) is 120 Å². The molecule has 68 heavy (non-hydrogen) atoms. The van der Waals surface area contributed by atoms with E-state index >= 15 is 4.39 Å². The summed E-state index contributed by atoms with van der Waals surface area (Å²) in [6, 6.07) is 22.2. The van der Waals surface area contributed by atoms with Gasteiger partial charge in [-0.25, -0.2) is 30.8 Å². The first-order valence-electron chi connectivity index (χ1n) is 19.6. The maximum atomic E-state index is 15.1. The Hall–Kier alpha value is -7.97. The van der Waals surface area contributed by atoms with Gasteiger partial charge in [-0.15, -0.1) is 0 Å². The highest BCUT2D eigenvalue weighted by molar-refractivity contribution is 7.86. The number of amides is 3. The fourth-order valence-corrected chi connectivity index (χ4v) is 9.68. The number of nitrogens with zero attached hydrogens (tertiary/aromatic N) is 5. The lowest BCUT2D eigenvalue weighted by Gasteiger charge is -2.17. The van der Waals surface area contributed by atoms with E-state index in [-0.39, 0.29) is 64.9 Å². The smallest absolute Gasteiger partial charge is 0.253 e. The molecule has 10 rings (SSSR count). The van der Waals surface area contributed by atoms with Crippen molar-refractivity contribution in [1.82, 2.24) is 29.3 Å². The lowest BCUT2D eigenvalue weighted by atomic mass is 10.1. The number of phenols is 3. The molecule has 3 aromatic heterocycles. The number of aromatic nitrogens is 3. The molecule has 20 nitrogen and oxygen atoms in total. The van der Waals surface area contributed by atoms with Crippen LogP contribution in [0, 0.1) is 31.3 Å². The summed E-state index contributed by atoms with van der Waals surface area (Å²) >= 11 is -5.80. The standard InChI is InChI=1S/C17H13FN4O3S.C13H11FN2O4S.C12H10FN3O4S/c18-16-11(13-8-12(19-20-13)10-4-2-1-3-5-10)6-7-14(23)17(16)22-9-15(24)21-26(22)25;1-7-2-5-10(20-7)8-3-4-9(17)13(12(8)14)16-6-11(18)15-21(16)19;1-6-14-4-9(20-6)7-2-3-8(17)12(11(7)13)16-5-10(18)15-21(16)19/h1-8,23H,9H2,(H,19,20)(H,21,24);2-5,17H,6H2,1H3,(H,15,18);2-4,17H,5H2,1H3,(H,15,18). The van der Waals surface area contributed by atoms with Crippen LogP contribution in [0.25, 0.3) is 45.2 Å². The lowest BCUT2D eigenvalue weighted by molar-refractivity contribution is -0.118. The van der Waals surface area contributed by atoms with Crippen molar-refractivity contribution in [3.8, 4) is 62.4 Å². The summed E-state index contributed by atoms with van der Waals surface area (Å²) < 4.78 is 99.7. The molecule has 3 fully saturated rings. The predicted molar refractivity (Wildman–Crippen MR) is 241 cm³/mol. The molecule has 0 saturated carbocycles. The molecule has 0 radical (unpaired) electrons. The molecule has 0 bridgehead atoms. The van der Waals surface area contributed by atoms with Crippen LogP contribution in [-0.2, 0) is 47.9 Å². The second-order valence-corrected chi connectivity index (χ2v) is 17.9. The van der Waals surface area contributed by atoms with E-state index in [1.807, 2.05) is 30.3 Å². The van der Waals surface area contributed by atoms with E-state index in [2.05, 4.69) is 29.3 Å². The molecule has 3 unspecified atom stereocenters. The second kappa shape index (κ2) is 19.1. The van der Waals surface area contributed by atoms with Crippen molar-refractivity contribution < 1.29 is 64.3 Å². The van der Waals surface area contributed by atoms with Crippen LogP contribution in [0.3, 0.4) is 0 Å². The summed E-state index contributed by atoms with van der Waals surface area (Å²) in [6.07, 6.45) is 1.35. The molecule has 7 aromatic rings. The van der Waals surface area contributed by atoms with E-state index in [9.17, 15) is 51.1 Å². The third-order valence-electron chi connectivity index (χ3n) is 9.93. The molecule has 4 aromatic carbocycles. The second-order valence-electron chi connectivity index (χ2n) is 14.5. The monoisotopic (exact) mass is 993 g/mol. The molecule has 3 aliphatic rings. The SMILES string of the molecule is Cc1ccc(-c2ccc(O)c(N3CC(=O)NS3=O)c2F)o1.Cc1ncc(-c2ccc(O)c(N3CC(=O)NS3=O)c2F)o1.O=C1CN(c2c(O)ccc(-c3cc(-c4ccccc4)n[nH]3)c2F)S(=O)N1. The van der Waals surface area contributed by atoms with Crippen molar-refractivity contribution in [2.45, 2.75) is 13.8 Å². The zero-order chi connectivity index (χ0) is 48.6. The molecule has 0 aliphatic carbocycles. The van der Waals surface area contributed by atoms with Crippen molar-refractivity contribution in [2.75, 3.05) is 32.5 Å². The minimum Gasteiger partial charge on any atom is -0.506 e. The fraction of sp³-hybridized carbons (Fsp3) is 0.119. The first-order valence-corrected chi connectivity index (χ1v) is 22.9. The molecule has 26 heteroatoms. The van der Waals surface area contributed by atoms with Crippen molar-refractivity contribution >= 4 is 68.3 Å². The predicted octanol–water partition coefficient (Wildman–Crippen LogP) is 4.73. The van der Waals surface area contributed by atoms with Gasteiger partial charge < -0.3 is 24.2 Å². The first-order chi connectivity index (χ1) is 32.5. The number of aryl methyl sites for hydroxylation is 2. The molecular weight excluding hydrogens is 960 g/mol. The number of oxazole rings is 1. The van der Waals surface area contributed by atoms with Gasteiger partial charge in [-0.3, -0.25) is 46.6 Å². The number of nitrogens with one attached hydrogen (secondary N) is 4. The maximum absolute atomic E-state index is 15.1. The molecule has 3 amide bonds. The van der Waals surface area contributed by atoms with Gasteiger partial charge in [-0.1, -0.05) is 30.3 Å². The van der Waals surface area contributed by atoms with Crippen LogP contribution in [0.1, 0.15) is 11.7 Å². The van der Waals surface area contributed by atoms with E-state index < -0.39 is 85.9 Å². The minimum atomic E-state index is -1.94. The number of rotatable bonds is 7. The van der Waals surface area contributed by atoms with Crippen LogP contribution in [0.2, 0.25) is 0 Å². The van der Waals surface area contributed by atoms with Crippen molar-refractivity contribution in [2.24, 2.45) is 0 Å². The number of hydrogen-bond acceptors (Lipinski definition) is 13. The number of benzene rings is 4. The molecule has 3 saturated heterocycles. The van der Waals surface area contributed by atoms with E-state index in [0.29, 0.717) is 23.0 Å². The lowest BCUT2D eigenvalue weighted by Crippen LogP contribution is -2.23. The fourth-order valence-electron chi connectivity index (χ4n) is 6.85. The number of H-pyrrole nitrogens is 1. The van der Waals surface area contributed by atoms with E-state index in [4.69, 9.17) is 8.83 Å². The Morgan fingerprint density at radius 2 is 1.04 bits per heavy atom. The molecule has 6 heterocycles. The maximum Gasteiger partial charge on any atom is 0.253 e. The Balaban J connectivity index is 0.000000139. The highest BCUT2D eigenvalue weighted by Crippen LogP contribution is 2.41. The highest BCUT2D eigenvalue weighted by atomic mass is 32.2. The van der Waals surface area contributed by atoms with E-state index in [1.165, 1.54) is 42.6 Å². The van der Waals surface area contributed by atoms with Gasteiger partial charge in [-0.05, 0) is 61.5 Å². The number of carbonyl (C=O) groups excluding carboxylic acids is 3. The summed E-state index contributed by atoms with van der Waals surface area (Å²) in [5, 5.41) is 36.7. The summed E-state index contributed by atoms with van der Waals surface area (Å²) in [7, 11) is 0. The molecule has 352 valence electrons. The van der Waals surface area contributed by atoms with Gasteiger partial charge in [0, 0.05) is 18.1 Å². The molecule has 0 spiro atoms. The Labute approximate surface area is 389 Å². The third-order valence-corrected chi connectivity index (χ3v) is 13.3. The van der Waals surface area contributed by atoms with Crippen LogP contribution in [0.4, 0.5) is 30.2 Å². The highest BCUT2D eigenvalue weighted by Gasteiger charge is 2.35. The van der Waals surface area contributed by atoms with Crippen molar-refractivity contribution in [1.29, 1.82) is 0 Å². The molecule has 3 atom stereocenters.